The van der Waals surface area contributed by atoms with Crippen LogP contribution in [-0.2, 0) is 9.53 Å². The van der Waals surface area contributed by atoms with Gasteiger partial charge in [-0.25, -0.2) is 0 Å². The van der Waals surface area contributed by atoms with E-state index in [0.29, 0.717) is 0 Å². The Morgan fingerprint density at radius 2 is 1.94 bits per heavy atom. The van der Waals surface area contributed by atoms with Crippen LogP contribution in [0.25, 0.3) is 0 Å². The van der Waals surface area contributed by atoms with Crippen LogP contribution in [0.5, 0.6) is 0 Å². The fourth-order valence-corrected chi connectivity index (χ4v) is 1.89. The van der Waals surface area contributed by atoms with E-state index in [-0.39, 0.29) is 13.0 Å². The molecule has 0 saturated heterocycles. The number of carbonyl (C=O) groups is 1. The van der Waals surface area contributed by atoms with Gasteiger partial charge in [-0.2, -0.15) is 13.2 Å². The quantitative estimate of drug-likeness (QED) is 0.533. The number of esters is 1. The normalized spacial score (nSPS) is 15.5. The zero-order chi connectivity index (χ0) is 13.6. The number of alkyl halides is 3. The Hall–Kier alpha value is -1.00. The standard InChI is InChI=1S/C12H19F3O2/c1-5-7-9(11(16)17-6-2)10(8(3)4)12(13,14)15/h5,8-10H,1,6-7H2,2-4H3/t9-,10+/m0/s1. The summed E-state index contributed by atoms with van der Waals surface area (Å²) in [6.45, 7) is 7.94. The van der Waals surface area contributed by atoms with Crippen LogP contribution >= 0.6 is 0 Å². The second kappa shape index (κ2) is 6.67. The molecule has 0 unspecified atom stereocenters. The maximum atomic E-state index is 12.9. The number of allylic oxidation sites excluding steroid dienone is 1. The van der Waals surface area contributed by atoms with E-state index in [1.165, 1.54) is 19.9 Å². The van der Waals surface area contributed by atoms with Gasteiger partial charge in [-0.15, -0.1) is 6.58 Å². The van der Waals surface area contributed by atoms with Crippen LogP contribution in [0, 0.1) is 17.8 Å². The van der Waals surface area contributed by atoms with Crippen molar-refractivity contribution in [2.24, 2.45) is 17.8 Å². The number of halogens is 3. The molecule has 0 rings (SSSR count). The van der Waals surface area contributed by atoms with Gasteiger partial charge in [-0.05, 0) is 19.3 Å². The molecule has 0 aliphatic carbocycles. The molecule has 0 amide bonds. The number of hydrogen-bond acceptors (Lipinski definition) is 2. The smallest absolute Gasteiger partial charge is 0.392 e. The summed E-state index contributed by atoms with van der Waals surface area (Å²) >= 11 is 0. The van der Waals surface area contributed by atoms with Crippen LogP contribution in [0.1, 0.15) is 27.2 Å². The van der Waals surface area contributed by atoms with Crippen molar-refractivity contribution in [3.05, 3.63) is 12.7 Å². The van der Waals surface area contributed by atoms with Gasteiger partial charge in [0, 0.05) is 0 Å². The van der Waals surface area contributed by atoms with Gasteiger partial charge in [0.2, 0.25) is 0 Å². The van der Waals surface area contributed by atoms with Gasteiger partial charge in [0.05, 0.1) is 18.4 Å². The van der Waals surface area contributed by atoms with E-state index < -0.39 is 29.9 Å². The van der Waals surface area contributed by atoms with Crippen LogP contribution < -0.4 is 0 Å². The second-order valence-electron chi connectivity index (χ2n) is 4.19. The van der Waals surface area contributed by atoms with Gasteiger partial charge in [-0.3, -0.25) is 4.79 Å². The van der Waals surface area contributed by atoms with Crippen molar-refractivity contribution in [3.8, 4) is 0 Å². The molecule has 0 aliphatic rings. The van der Waals surface area contributed by atoms with Gasteiger partial charge >= 0.3 is 12.1 Å². The number of carbonyl (C=O) groups excluding carboxylic acids is 1. The molecule has 17 heavy (non-hydrogen) atoms. The molecule has 2 atom stereocenters. The Kier molecular flexibility index (Phi) is 6.27. The van der Waals surface area contributed by atoms with E-state index in [1.54, 1.807) is 6.92 Å². The van der Waals surface area contributed by atoms with Crippen molar-refractivity contribution in [3.63, 3.8) is 0 Å². The molecule has 0 saturated carbocycles. The van der Waals surface area contributed by atoms with Crippen LogP contribution in [0.2, 0.25) is 0 Å². The lowest BCUT2D eigenvalue weighted by molar-refractivity contribution is -0.208. The highest BCUT2D eigenvalue weighted by molar-refractivity contribution is 5.73. The largest absolute Gasteiger partial charge is 0.466 e. The van der Waals surface area contributed by atoms with E-state index in [9.17, 15) is 18.0 Å². The minimum absolute atomic E-state index is 0.0266. The average Bonchev–Trinajstić information content (AvgIpc) is 2.14. The van der Waals surface area contributed by atoms with Crippen molar-refractivity contribution in [1.29, 1.82) is 0 Å². The summed E-state index contributed by atoms with van der Waals surface area (Å²) < 4.78 is 43.4. The fraction of sp³-hybridized carbons (Fsp3) is 0.750. The highest BCUT2D eigenvalue weighted by atomic mass is 19.4. The molecule has 100 valence electrons. The van der Waals surface area contributed by atoms with Crippen LogP contribution in [-0.4, -0.2) is 18.8 Å². The predicted molar refractivity (Wildman–Crippen MR) is 59.3 cm³/mol. The molecule has 5 heteroatoms. The molecule has 0 bridgehead atoms. The minimum atomic E-state index is -4.41. The van der Waals surface area contributed by atoms with Crippen LogP contribution in [0.15, 0.2) is 12.7 Å². The Bertz CT molecular complexity index is 259. The van der Waals surface area contributed by atoms with E-state index >= 15 is 0 Å². The third kappa shape index (κ3) is 4.79. The summed E-state index contributed by atoms with van der Waals surface area (Å²) in [5.74, 6) is -4.38. The molecule has 0 aromatic heterocycles. The molecule has 0 aromatic rings. The van der Waals surface area contributed by atoms with Crippen molar-refractivity contribution in [2.45, 2.75) is 33.4 Å². The number of hydrogen-bond donors (Lipinski definition) is 0. The van der Waals surface area contributed by atoms with E-state index in [4.69, 9.17) is 4.74 Å². The number of ether oxygens (including phenoxy) is 1. The van der Waals surface area contributed by atoms with Gasteiger partial charge < -0.3 is 4.74 Å². The minimum Gasteiger partial charge on any atom is -0.466 e. The van der Waals surface area contributed by atoms with E-state index in [2.05, 4.69) is 6.58 Å². The predicted octanol–water partition coefficient (Wildman–Crippen LogP) is 3.58. The molecule has 0 aromatic carbocycles. The van der Waals surface area contributed by atoms with Crippen molar-refractivity contribution >= 4 is 5.97 Å². The fourth-order valence-electron chi connectivity index (χ4n) is 1.89. The molecule has 0 spiro atoms. The van der Waals surface area contributed by atoms with Crippen molar-refractivity contribution < 1.29 is 22.7 Å². The SMILES string of the molecule is C=CC[C@H](C(=O)OCC)[C@@H](C(C)C)C(F)(F)F. The van der Waals surface area contributed by atoms with Gasteiger partial charge in [0.1, 0.15) is 0 Å². The first kappa shape index (κ1) is 16.0. The summed E-state index contributed by atoms with van der Waals surface area (Å²) in [6.07, 6.45) is -3.11. The lowest BCUT2D eigenvalue weighted by Gasteiger charge is -2.29. The van der Waals surface area contributed by atoms with Crippen molar-refractivity contribution in [2.75, 3.05) is 6.61 Å². The molecule has 0 radical (unpaired) electrons. The molecule has 2 nitrogen and oxygen atoms in total. The maximum Gasteiger partial charge on any atom is 0.392 e. The Balaban J connectivity index is 5.09. The van der Waals surface area contributed by atoms with Gasteiger partial charge in [-0.1, -0.05) is 19.9 Å². The third-order valence-electron chi connectivity index (χ3n) is 2.54. The molecule has 0 N–H and O–H groups in total. The molecule has 0 aliphatic heterocycles. The lowest BCUT2D eigenvalue weighted by atomic mass is 9.81. The average molecular weight is 252 g/mol. The Morgan fingerprint density at radius 1 is 1.41 bits per heavy atom. The summed E-state index contributed by atoms with van der Waals surface area (Å²) in [7, 11) is 0. The van der Waals surface area contributed by atoms with Crippen molar-refractivity contribution in [1.82, 2.24) is 0 Å². The molecular weight excluding hydrogens is 233 g/mol. The zero-order valence-electron chi connectivity index (χ0n) is 10.4. The molecule has 0 fully saturated rings. The topological polar surface area (TPSA) is 26.3 Å². The zero-order valence-corrected chi connectivity index (χ0v) is 10.4. The van der Waals surface area contributed by atoms with Gasteiger partial charge in [0.15, 0.2) is 0 Å². The first-order valence-corrected chi connectivity index (χ1v) is 5.59. The Labute approximate surface area is 99.8 Å². The number of rotatable bonds is 6. The molecule has 0 heterocycles. The van der Waals surface area contributed by atoms with Crippen LogP contribution in [0.3, 0.4) is 0 Å². The Morgan fingerprint density at radius 3 is 2.24 bits per heavy atom. The van der Waals surface area contributed by atoms with Gasteiger partial charge in [0.25, 0.3) is 0 Å². The maximum absolute atomic E-state index is 12.9. The van der Waals surface area contributed by atoms with Crippen LogP contribution in [0.4, 0.5) is 13.2 Å². The summed E-state index contributed by atoms with van der Waals surface area (Å²) in [5, 5.41) is 0. The third-order valence-corrected chi connectivity index (χ3v) is 2.54. The lowest BCUT2D eigenvalue weighted by Crippen LogP contribution is -2.39. The highest BCUT2D eigenvalue weighted by Crippen LogP contribution is 2.39. The molecular formula is C12H19F3O2. The second-order valence-corrected chi connectivity index (χ2v) is 4.19. The monoisotopic (exact) mass is 252 g/mol. The summed E-state index contributed by atoms with van der Waals surface area (Å²) in [4.78, 5) is 11.6. The summed E-state index contributed by atoms with van der Waals surface area (Å²) in [5.41, 5.74) is 0. The summed E-state index contributed by atoms with van der Waals surface area (Å²) in [6, 6.07) is 0. The highest BCUT2D eigenvalue weighted by Gasteiger charge is 2.48. The van der Waals surface area contributed by atoms with E-state index in [0.717, 1.165) is 0 Å². The first-order valence-electron chi connectivity index (χ1n) is 5.59. The van der Waals surface area contributed by atoms with E-state index in [1.807, 2.05) is 0 Å². The first-order chi connectivity index (χ1) is 7.75.